The zero-order chi connectivity index (χ0) is 16.4. The van der Waals surface area contributed by atoms with Crippen molar-refractivity contribution in [1.29, 1.82) is 0 Å². The van der Waals surface area contributed by atoms with E-state index in [4.69, 9.17) is 5.73 Å². The van der Waals surface area contributed by atoms with Gasteiger partial charge in [-0.05, 0) is 57.3 Å². The van der Waals surface area contributed by atoms with Crippen LogP contribution in [0.3, 0.4) is 0 Å². The molecule has 1 heterocycles. The average Bonchev–Trinajstić information content (AvgIpc) is 2.92. The monoisotopic (exact) mass is 321 g/mol. The molecule has 0 spiro atoms. The highest BCUT2D eigenvalue weighted by atomic mass is 16.2. The zero-order valence-corrected chi connectivity index (χ0v) is 14.3. The molecule has 2 aliphatic carbocycles. The zero-order valence-electron chi connectivity index (χ0n) is 14.3. The van der Waals surface area contributed by atoms with Gasteiger partial charge in [0.25, 0.3) is 0 Å². The van der Waals surface area contributed by atoms with Gasteiger partial charge in [-0.15, -0.1) is 0 Å². The highest BCUT2D eigenvalue weighted by Crippen LogP contribution is 2.31. The number of nitrogens with zero attached hydrogens (tertiary/aromatic N) is 1. The van der Waals surface area contributed by atoms with E-state index in [-0.39, 0.29) is 23.8 Å². The molecule has 2 amide bonds. The maximum absolute atomic E-state index is 12.5. The third kappa shape index (κ3) is 4.06. The second-order valence-corrected chi connectivity index (χ2v) is 7.98. The van der Waals surface area contributed by atoms with Crippen molar-refractivity contribution >= 4 is 11.8 Å². The average molecular weight is 321 g/mol. The van der Waals surface area contributed by atoms with Crippen LogP contribution in [0.1, 0.15) is 64.7 Å². The van der Waals surface area contributed by atoms with Crippen LogP contribution in [0.15, 0.2) is 0 Å². The fourth-order valence-corrected chi connectivity index (χ4v) is 4.40. The van der Waals surface area contributed by atoms with Crippen molar-refractivity contribution in [3.63, 3.8) is 0 Å². The van der Waals surface area contributed by atoms with Crippen molar-refractivity contribution in [2.24, 2.45) is 17.6 Å². The summed E-state index contributed by atoms with van der Waals surface area (Å²) in [5.41, 5.74) is 5.91. The van der Waals surface area contributed by atoms with Gasteiger partial charge in [0, 0.05) is 31.1 Å². The molecule has 1 unspecified atom stereocenters. The van der Waals surface area contributed by atoms with E-state index >= 15 is 0 Å². The molecule has 3 fully saturated rings. The van der Waals surface area contributed by atoms with Crippen LogP contribution >= 0.6 is 0 Å². The highest BCUT2D eigenvalue weighted by molar-refractivity contribution is 5.89. The number of hydrogen-bond acceptors (Lipinski definition) is 3. The van der Waals surface area contributed by atoms with Gasteiger partial charge in [0.05, 0.1) is 5.92 Å². The molecule has 1 aliphatic heterocycles. The molecule has 1 saturated heterocycles. The number of rotatable bonds is 3. The minimum Gasteiger partial charge on any atom is -0.353 e. The van der Waals surface area contributed by atoms with Gasteiger partial charge in [-0.2, -0.15) is 0 Å². The van der Waals surface area contributed by atoms with E-state index in [9.17, 15) is 9.59 Å². The third-order valence-electron chi connectivity index (χ3n) is 6.07. The van der Waals surface area contributed by atoms with E-state index in [1.807, 2.05) is 4.90 Å². The Morgan fingerprint density at radius 3 is 2.39 bits per heavy atom. The summed E-state index contributed by atoms with van der Waals surface area (Å²) in [6.45, 7) is 2.91. The summed E-state index contributed by atoms with van der Waals surface area (Å²) in [7, 11) is 0. The first-order valence-electron chi connectivity index (χ1n) is 9.38. The number of nitrogens with one attached hydrogen (secondary N) is 1. The first-order valence-corrected chi connectivity index (χ1v) is 9.38. The van der Waals surface area contributed by atoms with Gasteiger partial charge in [0.2, 0.25) is 11.8 Å². The Kier molecular flexibility index (Phi) is 5.24. The van der Waals surface area contributed by atoms with Gasteiger partial charge in [0.1, 0.15) is 0 Å². The van der Waals surface area contributed by atoms with Gasteiger partial charge in [-0.25, -0.2) is 0 Å². The second-order valence-electron chi connectivity index (χ2n) is 7.98. The fraction of sp³-hybridized carbons (Fsp3) is 0.889. The lowest BCUT2D eigenvalue weighted by Crippen LogP contribution is -2.44. The van der Waals surface area contributed by atoms with E-state index < -0.39 is 0 Å². The van der Waals surface area contributed by atoms with Crippen LogP contribution < -0.4 is 11.1 Å². The Labute approximate surface area is 139 Å². The second kappa shape index (κ2) is 7.20. The molecule has 1 atom stereocenters. The molecule has 3 aliphatic rings. The number of likely N-dealkylation sites (tertiary alicyclic amines) is 1. The van der Waals surface area contributed by atoms with Crippen molar-refractivity contribution in [2.75, 3.05) is 6.54 Å². The molecule has 3 N–H and O–H groups in total. The summed E-state index contributed by atoms with van der Waals surface area (Å²) in [5.74, 6) is 0.874. The van der Waals surface area contributed by atoms with Crippen molar-refractivity contribution in [3.8, 4) is 0 Å². The smallest absolute Gasteiger partial charge is 0.225 e. The number of hydrogen-bond donors (Lipinski definition) is 2. The number of carbonyl (C=O) groups is 2. The van der Waals surface area contributed by atoms with Gasteiger partial charge in [-0.3, -0.25) is 9.59 Å². The summed E-state index contributed by atoms with van der Waals surface area (Å²) in [6, 6.07) is 0.909. The predicted molar refractivity (Wildman–Crippen MR) is 89.6 cm³/mol. The van der Waals surface area contributed by atoms with Crippen LogP contribution in [0.5, 0.6) is 0 Å². The van der Waals surface area contributed by atoms with E-state index in [1.165, 1.54) is 12.8 Å². The largest absolute Gasteiger partial charge is 0.353 e. The molecular formula is C18H31N3O2. The minimum atomic E-state index is -0.155. The first-order chi connectivity index (χ1) is 11.0. The quantitative estimate of drug-likeness (QED) is 0.832. The summed E-state index contributed by atoms with van der Waals surface area (Å²) < 4.78 is 0. The Hall–Kier alpha value is -1.10. The maximum Gasteiger partial charge on any atom is 0.225 e. The molecule has 3 rings (SSSR count). The molecule has 5 heteroatoms. The first kappa shape index (κ1) is 16.7. The number of amides is 2. The molecule has 0 radical (unpaired) electrons. The Morgan fingerprint density at radius 2 is 1.74 bits per heavy atom. The van der Waals surface area contributed by atoms with Crippen LogP contribution in [-0.2, 0) is 9.59 Å². The van der Waals surface area contributed by atoms with Crippen LogP contribution in [0.2, 0.25) is 0 Å². The van der Waals surface area contributed by atoms with E-state index in [0.29, 0.717) is 25.0 Å². The molecular weight excluding hydrogens is 290 g/mol. The van der Waals surface area contributed by atoms with Crippen LogP contribution in [-0.4, -0.2) is 41.4 Å². The van der Waals surface area contributed by atoms with Crippen LogP contribution in [0.4, 0.5) is 0 Å². The van der Waals surface area contributed by atoms with Gasteiger partial charge < -0.3 is 16.0 Å². The van der Waals surface area contributed by atoms with E-state index in [2.05, 4.69) is 12.2 Å². The minimum absolute atomic E-state index is 0.0745. The molecule has 0 aromatic carbocycles. The summed E-state index contributed by atoms with van der Waals surface area (Å²) in [5, 5.41) is 3.16. The lowest BCUT2D eigenvalue weighted by Gasteiger charge is -2.33. The van der Waals surface area contributed by atoms with E-state index in [1.54, 1.807) is 0 Å². The topological polar surface area (TPSA) is 75.4 Å². The molecule has 5 nitrogen and oxygen atoms in total. The molecule has 0 aromatic heterocycles. The van der Waals surface area contributed by atoms with Gasteiger partial charge in [-0.1, -0.05) is 6.92 Å². The summed E-state index contributed by atoms with van der Waals surface area (Å²) in [4.78, 5) is 26.8. The fourth-order valence-electron chi connectivity index (χ4n) is 4.40. The lowest BCUT2D eigenvalue weighted by molar-refractivity contribution is -0.131. The highest BCUT2D eigenvalue weighted by Gasteiger charge is 2.39. The molecule has 23 heavy (non-hydrogen) atoms. The summed E-state index contributed by atoms with van der Waals surface area (Å²) in [6.07, 6.45) is 8.91. The molecule has 130 valence electrons. The summed E-state index contributed by atoms with van der Waals surface area (Å²) >= 11 is 0. The van der Waals surface area contributed by atoms with E-state index in [0.717, 1.165) is 44.4 Å². The Balaban J connectivity index is 1.49. The normalized spacial score (nSPS) is 38.6. The van der Waals surface area contributed by atoms with Crippen molar-refractivity contribution in [1.82, 2.24) is 10.2 Å². The van der Waals surface area contributed by atoms with Gasteiger partial charge >= 0.3 is 0 Å². The molecule has 0 bridgehead atoms. The van der Waals surface area contributed by atoms with Crippen LogP contribution in [0.25, 0.3) is 0 Å². The van der Waals surface area contributed by atoms with Crippen molar-refractivity contribution in [3.05, 3.63) is 0 Å². The Bertz CT molecular complexity index is 438. The standard InChI is InChI=1S/C18H31N3O2/c1-12-2-8-16(9-3-12)21-11-13(10-17(21)22)18(23)20-15-6-4-14(19)5-7-15/h12-16H,2-11,19H2,1H3,(H,20,23). The molecule has 2 saturated carbocycles. The Morgan fingerprint density at radius 1 is 1.09 bits per heavy atom. The molecule has 0 aromatic rings. The maximum atomic E-state index is 12.5. The van der Waals surface area contributed by atoms with Crippen molar-refractivity contribution in [2.45, 2.75) is 82.8 Å². The van der Waals surface area contributed by atoms with Crippen LogP contribution in [0, 0.1) is 11.8 Å². The number of nitrogens with two attached hydrogens (primary N) is 1. The lowest BCUT2D eigenvalue weighted by atomic mass is 9.86. The predicted octanol–water partition coefficient (Wildman–Crippen LogP) is 1.80. The van der Waals surface area contributed by atoms with Crippen molar-refractivity contribution < 1.29 is 9.59 Å². The SMILES string of the molecule is CC1CCC(N2CC(C(=O)NC3CCC(N)CC3)CC2=O)CC1. The third-order valence-corrected chi connectivity index (χ3v) is 6.07. The number of carbonyl (C=O) groups excluding carboxylic acids is 2. The van der Waals surface area contributed by atoms with Gasteiger partial charge in [0.15, 0.2) is 0 Å².